The fourth-order valence-electron chi connectivity index (χ4n) is 2.93. The highest BCUT2D eigenvalue weighted by Crippen LogP contribution is 2.20. The van der Waals surface area contributed by atoms with Crippen LogP contribution in [0.4, 0.5) is 0 Å². The van der Waals surface area contributed by atoms with E-state index >= 15 is 0 Å². The van der Waals surface area contributed by atoms with Gasteiger partial charge in [0.05, 0.1) is 17.6 Å². The van der Waals surface area contributed by atoms with Crippen LogP contribution in [0.15, 0.2) is 40.4 Å². The lowest BCUT2D eigenvalue weighted by atomic mass is 10.3. The quantitative estimate of drug-likeness (QED) is 0.547. The molecule has 3 aromatic rings. The molecule has 26 heavy (non-hydrogen) atoms. The maximum atomic E-state index is 12.3. The van der Waals surface area contributed by atoms with Gasteiger partial charge in [0.1, 0.15) is 5.39 Å². The van der Waals surface area contributed by atoms with Crippen molar-refractivity contribution < 1.29 is 4.79 Å². The first-order chi connectivity index (χ1) is 12.6. The third-order valence-corrected chi connectivity index (χ3v) is 5.39. The number of fused-ring (bicyclic) bond motifs is 1. The van der Waals surface area contributed by atoms with Gasteiger partial charge in [-0.1, -0.05) is 23.4 Å². The number of hydrogen-bond acceptors (Lipinski definition) is 5. The first-order valence-corrected chi connectivity index (χ1v) is 9.63. The summed E-state index contributed by atoms with van der Waals surface area (Å²) in [5.41, 5.74) is 0.935. The number of rotatable bonds is 4. The van der Waals surface area contributed by atoms with Crippen LogP contribution in [-0.2, 0) is 4.79 Å². The molecular formula is C17H16ClN5O2S. The molecular weight excluding hydrogens is 374 g/mol. The average Bonchev–Trinajstić information content (AvgIpc) is 3.30. The SMILES string of the molecule is O=C(CSc1nc2c(cnn2-c2ccc(Cl)cc2)c(=O)[nH]1)N1CCCC1. The first-order valence-electron chi connectivity index (χ1n) is 8.26. The Bertz CT molecular complexity index is 1010. The van der Waals surface area contributed by atoms with E-state index in [2.05, 4.69) is 15.1 Å². The molecule has 1 saturated heterocycles. The van der Waals surface area contributed by atoms with E-state index in [0.717, 1.165) is 31.6 Å². The van der Waals surface area contributed by atoms with Crippen LogP contribution < -0.4 is 5.56 Å². The maximum Gasteiger partial charge on any atom is 0.262 e. The minimum Gasteiger partial charge on any atom is -0.342 e. The number of carbonyl (C=O) groups is 1. The van der Waals surface area contributed by atoms with E-state index in [-0.39, 0.29) is 17.2 Å². The number of hydrogen-bond donors (Lipinski definition) is 1. The Labute approximate surface area is 158 Å². The number of carbonyl (C=O) groups excluding carboxylic acids is 1. The van der Waals surface area contributed by atoms with Crippen molar-refractivity contribution in [2.45, 2.75) is 18.0 Å². The lowest BCUT2D eigenvalue weighted by Crippen LogP contribution is -2.29. The summed E-state index contributed by atoms with van der Waals surface area (Å²) in [6.07, 6.45) is 3.59. The molecule has 0 bridgehead atoms. The number of nitrogens with zero attached hydrogens (tertiary/aromatic N) is 4. The molecule has 0 saturated carbocycles. The van der Waals surface area contributed by atoms with E-state index in [1.165, 1.54) is 18.0 Å². The zero-order valence-corrected chi connectivity index (χ0v) is 15.4. The second kappa shape index (κ2) is 7.13. The van der Waals surface area contributed by atoms with Gasteiger partial charge in [-0.25, -0.2) is 9.67 Å². The third kappa shape index (κ3) is 3.34. The van der Waals surface area contributed by atoms with Gasteiger partial charge in [-0.05, 0) is 37.1 Å². The molecule has 0 atom stereocenters. The van der Waals surface area contributed by atoms with E-state index in [1.54, 1.807) is 28.9 Å². The van der Waals surface area contributed by atoms with E-state index in [4.69, 9.17) is 11.6 Å². The molecule has 1 amide bonds. The topological polar surface area (TPSA) is 83.9 Å². The van der Waals surface area contributed by atoms with Crippen LogP contribution in [0.3, 0.4) is 0 Å². The second-order valence-electron chi connectivity index (χ2n) is 6.02. The van der Waals surface area contributed by atoms with Crippen molar-refractivity contribution in [2.75, 3.05) is 18.8 Å². The van der Waals surface area contributed by atoms with Crippen molar-refractivity contribution in [2.24, 2.45) is 0 Å². The Morgan fingerprint density at radius 1 is 1.23 bits per heavy atom. The van der Waals surface area contributed by atoms with E-state index in [1.807, 2.05) is 4.90 Å². The Kier molecular flexibility index (Phi) is 4.69. The molecule has 3 heterocycles. The van der Waals surface area contributed by atoms with Gasteiger partial charge in [0.15, 0.2) is 10.8 Å². The molecule has 0 radical (unpaired) electrons. The van der Waals surface area contributed by atoms with Crippen molar-refractivity contribution in [3.05, 3.63) is 45.8 Å². The summed E-state index contributed by atoms with van der Waals surface area (Å²) in [5, 5.41) is 5.69. The molecule has 1 aliphatic rings. The molecule has 7 nitrogen and oxygen atoms in total. The van der Waals surface area contributed by atoms with Crippen LogP contribution in [-0.4, -0.2) is 49.4 Å². The van der Waals surface area contributed by atoms with Gasteiger partial charge in [0.25, 0.3) is 5.56 Å². The number of likely N-dealkylation sites (tertiary alicyclic amines) is 1. The molecule has 134 valence electrons. The highest BCUT2D eigenvalue weighted by Gasteiger charge is 2.19. The molecule has 2 aromatic heterocycles. The molecule has 1 aromatic carbocycles. The fourth-order valence-corrected chi connectivity index (χ4v) is 3.81. The van der Waals surface area contributed by atoms with Crippen LogP contribution in [0.1, 0.15) is 12.8 Å². The number of aromatic nitrogens is 4. The number of nitrogens with one attached hydrogen (secondary N) is 1. The Morgan fingerprint density at radius 3 is 2.69 bits per heavy atom. The van der Waals surface area contributed by atoms with Crippen LogP contribution in [0.2, 0.25) is 5.02 Å². The monoisotopic (exact) mass is 389 g/mol. The summed E-state index contributed by atoms with van der Waals surface area (Å²) in [7, 11) is 0. The second-order valence-corrected chi connectivity index (χ2v) is 7.42. The molecule has 1 fully saturated rings. The molecule has 0 aliphatic carbocycles. The van der Waals surface area contributed by atoms with E-state index in [0.29, 0.717) is 21.2 Å². The summed E-state index contributed by atoms with van der Waals surface area (Å²) in [4.78, 5) is 33.6. The number of thioether (sulfide) groups is 1. The van der Waals surface area contributed by atoms with Crippen LogP contribution in [0.5, 0.6) is 0 Å². The van der Waals surface area contributed by atoms with Crippen LogP contribution >= 0.6 is 23.4 Å². The normalized spacial score (nSPS) is 14.3. The van der Waals surface area contributed by atoms with E-state index in [9.17, 15) is 9.59 Å². The highest BCUT2D eigenvalue weighted by atomic mass is 35.5. The average molecular weight is 390 g/mol. The van der Waals surface area contributed by atoms with Crippen molar-refractivity contribution in [1.82, 2.24) is 24.6 Å². The number of amides is 1. The zero-order chi connectivity index (χ0) is 18.1. The predicted molar refractivity (Wildman–Crippen MR) is 101 cm³/mol. The summed E-state index contributed by atoms with van der Waals surface area (Å²) in [6.45, 7) is 1.62. The molecule has 1 aliphatic heterocycles. The van der Waals surface area contributed by atoms with Crippen molar-refractivity contribution in [3.8, 4) is 5.69 Å². The van der Waals surface area contributed by atoms with Gasteiger partial charge < -0.3 is 9.88 Å². The molecule has 4 rings (SSSR count). The lowest BCUT2D eigenvalue weighted by molar-refractivity contribution is -0.127. The largest absolute Gasteiger partial charge is 0.342 e. The Hall–Kier alpha value is -2.32. The lowest BCUT2D eigenvalue weighted by Gasteiger charge is -2.14. The first kappa shape index (κ1) is 17.1. The maximum absolute atomic E-state index is 12.3. The van der Waals surface area contributed by atoms with Gasteiger partial charge in [-0.3, -0.25) is 9.59 Å². The summed E-state index contributed by atoms with van der Waals surface area (Å²) >= 11 is 7.16. The predicted octanol–water partition coefficient (Wildman–Crippen LogP) is 2.48. The minimum atomic E-state index is -0.272. The fraction of sp³-hybridized carbons (Fsp3) is 0.294. The van der Waals surface area contributed by atoms with Gasteiger partial charge in [0, 0.05) is 18.1 Å². The number of benzene rings is 1. The molecule has 0 spiro atoms. The minimum absolute atomic E-state index is 0.0708. The third-order valence-electron chi connectivity index (χ3n) is 4.28. The van der Waals surface area contributed by atoms with Crippen molar-refractivity contribution in [1.29, 1.82) is 0 Å². The number of halogens is 1. The Balaban J connectivity index is 1.62. The van der Waals surface area contributed by atoms with Gasteiger partial charge in [-0.15, -0.1) is 0 Å². The van der Waals surface area contributed by atoms with Crippen LogP contribution in [0, 0.1) is 0 Å². The molecule has 0 unspecified atom stereocenters. The summed E-state index contributed by atoms with van der Waals surface area (Å²) in [5.74, 6) is 0.324. The van der Waals surface area contributed by atoms with Crippen LogP contribution in [0.25, 0.3) is 16.7 Å². The van der Waals surface area contributed by atoms with Crippen molar-refractivity contribution in [3.63, 3.8) is 0 Å². The smallest absolute Gasteiger partial charge is 0.262 e. The number of H-pyrrole nitrogens is 1. The van der Waals surface area contributed by atoms with Gasteiger partial charge in [-0.2, -0.15) is 5.10 Å². The number of aromatic amines is 1. The van der Waals surface area contributed by atoms with Gasteiger partial charge in [0.2, 0.25) is 5.91 Å². The Morgan fingerprint density at radius 2 is 1.96 bits per heavy atom. The molecule has 9 heteroatoms. The summed E-state index contributed by atoms with van der Waals surface area (Å²) in [6, 6.07) is 7.12. The van der Waals surface area contributed by atoms with Crippen molar-refractivity contribution >= 4 is 40.3 Å². The zero-order valence-electron chi connectivity index (χ0n) is 13.8. The summed E-state index contributed by atoms with van der Waals surface area (Å²) < 4.78 is 1.59. The standard InChI is InChI=1S/C17H16ClN5O2S/c18-11-3-5-12(6-4-11)23-15-13(9-19-23)16(25)21-17(20-15)26-10-14(24)22-7-1-2-8-22/h3-6,9H,1-2,7-8,10H2,(H,20,21,25). The highest BCUT2D eigenvalue weighted by molar-refractivity contribution is 7.99. The molecule has 1 N–H and O–H groups in total. The van der Waals surface area contributed by atoms with E-state index < -0.39 is 0 Å². The van der Waals surface area contributed by atoms with Gasteiger partial charge >= 0.3 is 0 Å².